The Balaban J connectivity index is 1.58. The third-order valence-corrected chi connectivity index (χ3v) is 6.08. The predicted octanol–water partition coefficient (Wildman–Crippen LogP) is 3.06. The molecule has 0 unspecified atom stereocenters. The molecule has 0 saturated carbocycles. The lowest BCUT2D eigenvalue weighted by atomic mass is 9.96. The Hall–Kier alpha value is -2.71. The van der Waals surface area contributed by atoms with Crippen LogP contribution in [0, 0.1) is 19.8 Å². The van der Waals surface area contributed by atoms with E-state index >= 15 is 0 Å². The minimum absolute atomic E-state index is 0.00960. The summed E-state index contributed by atoms with van der Waals surface area (Å²) < 4.78 is 6.91. The molecular formula is C22H27ClN6O2. The highest BCUT2D eigenvalue weighted by Gasteiger charge is 2.28. The Morgan fingerprint density at radius 2 is 1.90 bits per heavy atom. The van der Waals surface area contributed by atoms with Gasteiger partial charge < -0.3 is 15.0 Å². The molecule has 9 heteroatoms. The number of piperidine rings is 1. The van der Waals surface area contributed by atoms with Crippen LogP contribution >= 0.6 is 11.6 Å². The van der Waals surface area contributed by atoms with Gasteiger partial charge in [0, 0.05) is 37.7 Å². The number of carbonyl (C=O) groups excluding carboxylic acids is 1. The van der Waals surface area contributed by atoms with Gasteiger partial charge in [-0.2, -0.15) is 10.2 Å². The normalized spacial score (nSPS) is 14.9. The lowest BCUT2D eigenvalue weighted by Crippen LogP contribution is -2.41. The zero-order chi connectivity index (χ0) is 22.0. The van der Waals surface area contributed by atoms with E-state index in [-0.39, 0.29) is 11.8 Å². The molecule has 4 rings (SSSR count). The number of anilines is 1. The SMILES string of the molecule is COCCNC(=O)C1CCN(c2nnc(C)c3c(C)n(-c4ccc(Cl)cc4)nc23)CC1. The summed E-state index contributed by atoms with van der Waals surface area (Å²) in [6.45, 7) is 6.54. The molecule has 0 bridgehead atoms. The fraction of sp³-hybridized carbons (Fsp3) is 0.455. The fourth-order valence-corrected chi connectivity index (χ4v) is 4.26. The number of amides is 1. The number of halogens is 1. The van der Waals surface area contributed by atoms with Crippen LogP contribution in [0.4, 0.5) is 5.82 Å². The number of hydrogen-bond donors (Lipinski definition) is 1. The van der Waals surface area contributed by atoms with E-state index in [4.69, 9.17) is 21.4 Å². The van der Waals surface area contributed by atoms with E-state index in [9.17, 15) is 4.79 Å². The van der Waals surface area contributed by atoms with Gasteiger partial charge >= 0.3 is 0 Å². The molecule has 0 atom stereocenters. The summed E-state index contributed by atoms with van der Waals surface area (Å²) >= 11 is 6.05. The van der Waals surface area contributed by atoms with Crippen LogP contribution in [0.2, 0.25) is 5.02 Å². The monoisotopic (exact) mass is 442 g/mol. The number of nitrogens with one attached hydrogen (secondary N) is 1. The lowest BCUT2D eigenvalue weighted by molar-refractivity contribution is -0.125. The Morgan fingerprint density at radius 1 is 1.19 bits per heavy atom. The number of fused-ring (bicyclic) bond motifs is 1. The number of benzene rings is 1. The Labute approximate surface area is 186 Å². The fourth-order valence-electron chi connectivity index (χ4n) is 4.13. The van der Waals surface area contributed by atoms with Crippen molar-refractivity contribution < 1.29 is 9.53 Å². The second-order valence-corrected chi connectivity index (χ2v) is 8.29. The molecule has 2 aromatic heterocycles. The van der Waals surface area contributed by atoms with Gasteiger partial charge in [-0.1, -0.05) is 11.6 Å². The summed E-state index contributed by atoms with van der Waals surface area (Å²) in [5.41, 5.74) is 3.64. The maximum absolute atomic E-state index is 12.4. The van der Waals surface area contributed by atoms with E-state index < -0.39 is 0 Å². The molecule has 1 saturated heterocycles. The van der Waals surface area contributed by atoms with Crippen LogP contribution in [-0.4, -0.2) is 59.2 Å². The lowest BCUT2D eigenvalue weighted by Gasteiger charge is -2.31. The van der Waals surface area contributed by atoms with Gasteiger partial charge in [0.1, 0.15) is 5.52 Å². The van der Waals surface area contributed by atoms with Crippen molar-refractivity contribution >= 4 is 34.2 Å². The molecule has 1 fully saturated rings. The molecule has 3 heterocycles. The van der Waals surface area contributed by atoms with Crippen molar-refractivity contribution in [3.8, 4) is 5.69 Å². The number of methoxy groups -OCH3 is 1. The smallest absolute Gasteiger partial charge is 0.223 e. The summed E-state index contributed by atoms with van der Waals surface area (Å²) in [7, 11) is 1.63. The third-order valence-electron chi connectivity index (χ3n) is 5.83. The van der Waals surface area contributed by atoms with Gasteiger partial charge in [0.25, 0.3) is 0 Å². The number of aryl methyl sites for hydroxylation is 2. The zero-order valence-corrected chi connectivity index (χ0v) is 18.8. The van der Waals surface area contributed by atoms with Crippen molar-refractivity contribution in [2.75, 3.05) is 38.3 Å². The topological polar surface area (TPSA) is 85.2 Å². The van der Waals surface area contributed by atoms with E-state index in [0.29, 0.717) is 18.2 Å². The molecule has 1 amide bonds. The first-order valence-corrected chi connectivity index (χ1v) is 10.9. The minimum Gasteiger partial charge on any atom is -0.383 e. The molecule has 8 nitrogen and oxygen atoms in total. The van der Waals surface area contributed by atoms with E-state index in [1.54, 1.807) is 7.11 Å². The number of rotatable bonds is 6. The van der Waals surface area contributed by atoms with E-state index in [0.717, 1.165) is 59.7 Å². The first-order valence-electron chi connectivity index (χ1n) is 10.5. The molecule has 3 aromatic rings. The molecule has 1 N–H and O–H groups in total. The molecule has 1 aliphatic heterocycles. The van der Waals surface area contributed by atoms with Crippen LogP contribution in [0.15, 0.2) is 24.3 Å². The van der Waals surface area contributed by atoms with Crippen molar-refractivity contribution in [2.24, 2.45) is 5.92 Å². The zero-order valence-electron chi connectivity index (χ0n) is 18.1. The van der Waals surface area contributed by atoms with Crippen LogP contribution in [0.25, 0.3) is 16.6 Å². The Kier molecular flexibility index (Phi) is 6.38. The predicted molar refractivity (Wildman–Crippen MR) is 121 cm³/mol. The molecule has 0 spiro atoms. The van der Waals surface area contributed by atoms with Gasteiger partial charge in [-0.15, -0.1) is 5.10 Å². The second-order valence-electron chi connectivity index (χ2n) is 7.85. The molecule has 0 aliphatic carbocycles. The van der Waals surface area contributed by atoms with Gasteiger partial charge in [0.2, 0.25) is 5.91 Å². The van der Waals surface area contributed by atoms with Crippen LogP contribution < -0.4 is 10.2 Å². The summed E-state index contributed by atoms with van der Waals surface area (Å²) in [5, 5.41) is 18.4. The Bertz CT molecular complexity index is 1070. The van der Waals surface area contributed by atoms with Gasteiger partial charge in [0.05, 0.1) is 29.1 Å². The standard InChI is InChI=1S/C22H27ClN6O2/c1-14-19-15(2)29(18-6-4-17(23)5-7-18)27-20(19)21(26-25-14)28-11-8-16(9-12-28)22(30)24-10-13-31-3/h4-7,16H,8-13H2,1-3H3,(H,24,30). The average Bonchev–Trinajstić information content (AvgIpc) is 3.13. The van der Waals surface area contributed by atoms with E-state index in [1.807, 2.05) is 42.8 Å². The van der Waals surface area contributed by atoms with Crippen molar-refractivity contribution in [3.63, 3.8) is 0 Å². The largest absolute Gasteiger partial charge is 0.383 e. The first-order chi connectivity index (χ1) is 15.0. The van der Waals surface area contributed by atoms with E-state index in [1.165, 1.54) is 0 Å². The summed E-state index contributed by atoms with van der Waals surface area (Å²) in [6.07, 6.45) is 1.54. The van der Waals surface area contributed by atoms with Gasteiger partial charge in [-0.3, -0.25) is 4.79 Å². The van der Waals surface area contributed by atoms with Gasteiger partial charge in [0.15, 0.2) is 5.82 Å². The molecule has 0 radical (unpaired) electrons. The van der Waals surface area contributed by atoms with Crippen LogP contribution in [0.3, 0.4) is 0 Å². The molecule has 31 heavy (non-hydrogen) atoms. The van der Waals surface area contributed by atoms with Crippen molar-refractivity contribution in [3.05, 3.63) is 40.7 Å². The number of ether oxygens (including phenoxy) is 1. The highest BCUT2D eigenvalue weighted by Crippen LogP contribution is 2.31. The van der Waals surface area contributed by atoms with E-state index in [2.05, 4.69) is 20.4 Å². The number of aromatic nitrogens is 4. The highest BCUT2D eigenvalue weighted by atomic mass is 35.5. The summed E-state index contributed by atoms with van der Waals surface area (Å²) in [5.74, 6) is 0.879. The number of nitrogens with zero attached hydrogens (tertiary/aromatic N) is 5. The first kappa shape index (κ1) is 21.5. The minimum atomic E-state index is 0.00960. The maximum Gasteiger partial charge on any atom is 0.223 e. The van der Waals surface area contributed by atoms with Gasteiger partial charge in [-0.25, -0.2) is 4.68 Å². The van der Waals surface area contributed by atoms with Crippen molar-refractivity contribution in [2.45, 2.75) is 26.7 Å². The summed E-state index contributed by atoms with van der Waals surface area (Å²) in [6, 6.07) is 7.61. The quantitative estimate of drug-likeness (QED) is 0.590. The molecule has 1 aromatic carbocycles. The maximum atomic E-state index is 12.4. The highest BCUT2D eigenvalue weighted by molar-refractivity contribution is 6.30. The van der Waals surface area contributed by atoms with Crippen LogP contribution in [-0.2, 0) is 9.53 Å². The van der Waals surface area contributed by atoms with Gasteiger partial charge in [-0.05, 0) is 51.0 Å². The Morgan fingerprint density at radius 3 is 2.58 bits per heavy atom. The summed E-state index contributed by atoms with van der Waals surface area (Å²) in [4.78, 5) is 14.6. The van der Waals surface area contributed by atoms with Crippen molar-refractivity contribution in [1.29, 1.82) is 0 Å². The average molecular weight is 443 g/mol. The second kappa shape index (κ2) is 9.20. The molecular weight excluding hydrogens is 416 g/mol. The molecule has 1 aliphatic rings. The van der Waals surface area contributed by atoms with Crippen LogP contribution in [0.5, 0.6) is 0 Å². The number of carbonyl (C=O) groups is 1. The van der Waals surface area contributed by atoms with Crippen molar-refractivity contribution in [1.82, 2.24) is 25.3 Å². The van der Waals surface area contributed by atoms with Crippen LogP contribution in [0.1, 0.15) is 24.2 Å². The number of hydrogen-bond acceptors (Lipinski definition) is 6. The molecule has 164 valence electrons. The third kappa shape index (κ3) is 4.36.